The lowest BCUT2D eigenvalue weighted by Crippen LogP contribution is -2.40. The summed E-state index contributed by atoms with van der Waals surface area (Å²) in [6.07, 6.45) is 1.67. The molecule has 0 aliphatic carbocycles. The van der Waals surface area contributed by atoms with Gasteiger partial charge in [-0.25, -0.2) is 0 Å². The number of aliphatic imine (C=N–C) groups is 1. The topological polar surface area (TPSA) is 75.1 Å². The summed E-state index contributed by atoms with van der Waals surface area (Å²) < 4.78 is 11.6. The standard InChI is InChI=1S/C22H37N3O3/c1-5-23-20(25-16-22(10-13-26)11-14-27-17-22)24-12-15-28-19-9-7-6-8-18(19)21(2,3)4/h6-9,26H,5,10-17H2,1-4H3,(H2,23,24,25). The number of aliphatic hydroxyl groups excluding tert-OH is 1. The number of aliphatic hydroxyl groups is 1. The summed E-state index contributed by atoms with van der Waals surface area (Å²) in [7, 11) is 0. The molecule has 0 radical (unpaired) electrons. The summed E-state index contributed by atoms with van der Waals surface area (Å²) in [6, 6.07) is 8.21. The third-order valence-electron chi connectivity index (χ3n) is 5.09. The Labute approximate surface area is 169 Å². The molecule has 1 heterocycles. The van der Waals surface area contributed by atoms with Crippen LogP contribution in [0.15, 0.2) is 29.3 Å². The number of nitrogens with zero attached hydrogens (tertiary/aromatic N) is 1. The number of guanidine groups is 1. The molecule has 3 N–H and O–H groups in total. The third-order valence-corrected chi connectivity index (χ3v) is 5.09. The lowest BCUT2D eigenvalue weighted by Gasteiger charge is -2.25. The van der Waals surface area contributed by atoms with Gasteiger partial charge in [0.2, 0.25) is 0 Å². The first kappa shape index (κ1) is 22.5. The fourth-order valence-electron chi connectivity index (χ4n) is 3.42. The highest BCUT2D eigenvalue weighted by atomic mass is 16.5. The van der Waals surface area contributed by atoms with Gasteiger partial charge < -0.3 is 25.2 Å². The predicted molar refractivity (Wildman–Crippen MR) is 114 cm³/mol. The van der Waals surface area contributed by atoms with Crippen LogP contribution in [0.25, 0.3) is 0 Å². The molecule has 1 saturated heterocycles. The fourth-order valence-corrected chi connectivity index (χ4v) is 3.42. The van der Waals surface area contributed by atoms with E-state index >= 15 is 0 Å². The summed E-state index contributed by atoms with van der Waals surface area (Å²) in [5, 5.41) is 16.0. The van der Waals surface area contributed by atoms with E-state index in [4.69, 9.17) is 14.5 Å². The van der Waals surface area contributed by atoms with Crippen LogP contribution < -0.4 is 15.4 Å². The van der Waals surface area contributed by atoms with Crippen molar-refractivity contribution in [1.82, 2.24) is 10.6 Å². The fraction of sp³-hybridized carbons (Fsp3) is 0.682. The average molecular weight is 392 g/mol. The first-order valence-corrected chi connectivity index (χ1v) is 10.3. The molecular formula is C22H37N3O3. The Morgan fingerprint density at radius 2 is 2.07 bits per heavy atom. The molecule has 0 aromatic heterocycles. The molecule has 2 rings (SSSR count). The summed E-state index contributed by atoms with van der Waals surface area (Å²) in [4.78, 5) is 4.74. The smallest absolute Gasteiger partial charge is 0.191 e. The Morgan fingerprint density at radius 3 is 2.71 bits per heavy atom. The molecular weight excluding hydrogens is 354 g/mol. The Balaban J connectivity index is 1.88. The van der Waals surface area contributed by atoms with Crippen LogP contribution in [0.5, 0.6) is 5.75 Å². The van der Waals surface area contributed by atoms with Gasteiger partial charge in [-0.3, -0.25) is 4.99 Å². The Kier molecular flexibility index (Phi) is 8.58. The van der Waals surface area contributed by atoms with E-state index in [0.717, 1.165) is 37.7 Å². The minimum Gasteiger partial charge on any atom is -0.491 e. The number of ether oxygens (including phenoxy) is 2. The Bertz CT molecular complexity index is 620. The largest absolute Gasteiger partial charge is 0.491 e. The number of hydrogen-bond acceptors (Lipinski definition) is 4. The van der Waals surface area contributed by atoms with E-state index in [-0.39, 0.29) is 17.4 Å². The normalized spacial score (nSPS) is 20.2. The lowest BCUT2D eigenvalue weighted by molar-refractivity contribution is 0.131. The van der Waals surface area contributed by atoms with Crippen molar-refractivity contribution in [2.75, 3.05) is 46.1 Å². The van der Waals surface area contributed by atoms with Crippen LogP contribution in [0.3, 0.4) is 0 Å². The van der Waals surface area contributed by atoms with E-state index in [1.807, 2.05) is 12.1 Å². The van der Waals surface area contributed by atoms with Gasteiger partial charge in [-0.15, -0.1) is 0 Å². The van der Waals surface area contributed by atoms with Crippen molar-refractivity contribution in [1.29, 1.82) is 0 Å². The van der Waals surface area contributed by atoms with Crippen LogP contribution >= 0.6 is 0 Å². The Hall–Kier alpha value is -1.79. The van der Waals surface area contributed by atoms with Gasteiger partial charge in [0, 0.05) is 25.2 Å². The molecule has 0 amide bonds. The average Bonchev–Trinajstić information content (AvgIpc) is 3.12. The molecule has 0 bridgehead atoms. The second kappa shape index (κ2) is 10.7. The molecule has 1 aliphatic heterocycles. The van der Waals surface area contributed by atoms with Crippen molar-refractivity contribution < 1.29 is 14.6 Å². The number of benzene rings is 1. The van der Waals surface area contributed by atoms with Gasteiger partial charge in [0.25, 0.3) is 0 Å². The molecule has 1 atom stereocenters. The van der Waals surface area contributed by atoms with Gasteiger partial charge in [0.05, 0.1) is 19.7 Å². The van der Waals surface area contributed by atoms with Crippen LogP contribution in [-0.2, 0) is 10.2 Å². The van der Waals surface area contributed by atoms with Gasteiger partial charge in [-0.1, -0.05) is 39.0 Å². The molecule has 6 nitrogen and oxygen atoms in total. The van der Waals surface area contributed by atoms with E-state index in [0.29, 0.717) is 26.3 Å². The van der Waals surface area contributed by atoms with Crippen LogP contribution in [0.1, 0.15) is 46.1 Å². The highest BCUT2D eigenvalue weighted by Gasteiger charge is 2.34. The van der Waals surface area contributed by atoms with E-state index in [2.05, 4.69) is 50.5 Å². The zero-order valence-corrected chi connectivity index (χ0v) is 17.9. The van der Waals surface area contributed by atoms with E-state index in [1.54, 1.807) is 0 Å². The van der Waals surface area contributed by atoms with Gasteiger partial charge in [0.1, 0.15) is 12.4 Å². The van der Waals surface area contributed by atoms with Crippen molar-refractivity contribution in [3.63, 3.8) is 0 Å². The molecule has 158 valence electrons. The van der Waals surface area contributed by atoms with Crippen LogP contribution in [0, 0.1) is 5.41 Å². The number of para-hydroxylation sites is 1. The maximum absolute atomic E-state index is 9.37. The number of nitrogens with one attached hydrogen (secondary N) is 2. The van der Waals surface area contributed by atoms with Crippen LogP contribution in [0.2, 0.25) is 0 Å². The predicted octanol–water partition coefficient (Wildman–Crippen LogP) is 2.71. The minimum absolute atomic E-state index is 0.0424. The summed E-state index contributed by atoms with van der Waals surface area (Å²) in [5.74, 6) is 1.71. The zero-order valence-electron chi connectivity index (χ0n) is 17.9. The van der Waals surface area contributed by atoms with Crippen molar-refractivity contribution in [3.05, 3.63) is 29.8 Å². The van der Waals surface area contributed by atoms with E-state index in [1.165, 1.54) is 5.56 Å². The quantitative estimate of drug-likeness (QED) is 0.343. The van der Waals surface area contributed by atoms with Crippen molar-refractivity contribution in [3.8, 4) is 5.75 Å². The van der Waals surface area contributed by atoms with E-state index < -0.39 is 0 Å². The second-order valence-electron chi connectivity index (χ2n) is 8.49. The van der Waals surface area contributed by atoms with Crippen LogP contribution in [0.4, 0.5) is 0 Å². The van der Waals surface area contributed by atoms with E-state index in [9.17, 15) is 5.11 Å². The van der Waals surface area contributed by atoms with Crippen molar-refractivity contribution >= 4 is 5.96 Å². The molecule has 0 saturated carbocycles. The minimum atomic E-state index is -0.0424. The zero-order chi connectivity index (χ0) is 20.5. The lowest BCUT2D eigenvalue weighted by atomic mass is 9.84. The molecule has 1 aromatic carbocycles. The molecule has 1 fully saturated rings. The van der Waals surface area contributed by atoms with Crippen molar-refractivity contribution in [2.24, 2.45) is 10.4 Å². The molecule has 0 spiro atoms. The van der Waals surface area contributed by atoms with Gasteiger partial charge in [-0.2, -0.15) is 0 Å². The van der Waals surface area contributed by atoms with Gasteiger partial charge in [-0.05, 0) is 36.8 Å². The Morgan fingerprint density at radius 1 is 1.29 bits per heavy atom. The molecule has 28 heavy (non-hydrogen) atoms. The highest BCUT2D eigenvalue weighted by molar-refractivity contribution is 5.79. The molecule has 1 aromatic rings. The third kappa shape index (κ3) is 6.67. The molecule has 1 aliphatic rings. The summed E-state index contributed by atoms with van der Waals surface area (Å²) in [6.45, 7) is 12.9. The van der Waals surface area contributed by atoms with Gasteiger partial charge in [0.15, 0.2) is 5.96 Å². The highest BCUT2D eigenvalue weighted by Crippen LogP contribution is 2.32. The SMILES string of the molecule is CCNC(=NCC1(CCO)CCOC1)NCCOc1ccccc1C(C)(C)C. The number of rotatable bonds is 9. The monoisotopic (exact) mass is 391 g/mol. The van der Waals surface area contributed by atoms with Gasteiger partial charge >= 0.3 is 0 Å². The summed E-state index contributed by atoms with van der Waals surface area (Å²) >= 11 is 0. The van der Waals surface area contributed by atoms with Crippen molar-refractivity contribution in [2.45, 2.75) is 46.0 Å². The molecule has 6 heteroatoms. The first-order valence-electron chi connectivity index (χ1n) is 10.3. The molecule has 1 unspecified atom stereocenters. The number of hydrogen-bond donors (Lipinski definition) is 3. The maximum atomic E-state index is 9.37. The first-order chi connectivity index (χ1) is 13.4. The maximum Gasteiger partial charge on any atom is 0.191 e. The van der Waals surface area contributed by atoms with Crippen LogP contribution in [-0.4, -0.2) is 57.1 Å². The second-order valence-corrected chi connectivity index (χ2v) is 8.49. The summed E-state index contributed by atoms with van der Waals surface area (Å²) in [5.41, 5.74) is 1.21.